The van der Waals surface area contributed by atoms with Gasteiger partial charge >= 0.3 is 0 Å². The number of hydrogen-bond acceptors (Lipinski definition) is 3. The summed E-state index contributed by atoms with van der Waals surface area (Å²) >= 11 is 0. The Morgan fingerprint density at radius 3 is 2.57 bits per heavy atom. The van der Waals surface area contributed by atoms with Crippen molar-refractivity contribution in [3.8, 4) is 0 Å². The molecule has 0 aliphatic carbocycles. The average Bonchev–Trinajstić information content (AvgIpc) is 2.53. The molecule has 0 aliphatic rings. The minimum atomic E-state index is -0.179. The van der Waals surface area contributed by atoms with Gasteiger partial charge in [0.1, 0.15) is 0 Å². The Labute approximate surface area is 122 Å². The van der Waals surface area contributed by atoms with E-state index >= 15 is 0 Å². The molecule has 104 valence electrons. The Bertz CT molecular complexity index is 784. The van der Waals surface area contributed by atoms with Crippen LogP contribution in [0.2, 0.25) is 0 Å². The van der Waals surface area contributed by atoms with Crippen molar-refractivity contribution in [2.75, 3.05) is 5.73 Å². The maximum absolute atomic E-state index is 12.3. The second-order valence-electron chi connectivity index (χ2n) is 4.83. The zero-order chi connectivity index (χ0) is 14.7. The molecule has 1 amide bonds. The Morgan fingerprint density at radius 1 is 1.10 bits per heavy atom. The van der Waals surface area contributed by atoms with Crippen LogP contribution in [0.15, 0.2) is 60.9 Å². The van der Waals surface area contributed by atoms with E-state index < -0.39 is 0 Å². The van der Waals surface area contributed by atoms with Crippen LogP contribution in [0.3, 0.4) is 0 Å². The summed E-state index contributed by atoms with van der Waals surface area (Å²) in [5.41, 5.74) is 7.91. The van der Waals surface area contributed by atoms with E-state index in [-0.39, 0.29) is 5.91 Å². The highest BCUT2D eigenvalue weighted by molar-refractivity contribution is 6.03. The van der Waals surface area contributed by atoms with Crippen molar-refractivity contribution >= 4 is 22.4 Å². The van der Waals surface area contributed by atoms with Crippen LogP contribution in [-0.2, 0) is 6.54 Å². The molecule has 2 aromatic carbocycles. The van der Waals surface area contributed by atoms with E-state index in [1.165, 1.54) is 0 Å². The molecule has 1 heterocycles. The van der Waals surface area contributed by atoms with Gasteiger partial charge in [0.2, 0.25) is 0 Å². The number of rotatable bonds is 3. The summed E-state index contributed by atoms with van der Waals surface area (Å²) in [6.45, 7) is 0.430. The summed E-state index contributed by atoms with van der Waals surface area (Å²) < 4.78 is 0. The van der Waals surface area contributed by atoms with Crippen molar-refractivity contribution in [3.63, 3.8) is 0 Å². The van der Waals surface area contributed by atoms with Crippen molar-refractivity contribution in [1.82, 2.24) is 10.3 Å². The second kappa shape index (κ2) is 5.63. The summed E-state index contributed by atoms with van der Waals surface area (Å²) in [6, 6.07) is 15.2. The van der Waals surface area contributed by atoms with Crippen molar-refractivity contribution in [2.45, 2.75) is 6.54 Å². The molecule has 0 spiro atoms. The first-order valence-corrected chi connectivity index (χ1v) is 6.69. The highest BCUT2D eigenvalue weighted by atomic mass is 16.1. The molecular weight excluding hydrogens is 262 g/mol. The minimum Gasteiger partial charge on any atom is -0.398 e. The van der Waals surface area contributed by atoms with Gasteiger partial charge < -0.3 is 11.1 Å². The second-order valence-corrected chi connectivity index (χ2v) is 4.83. The Balaban J connectivity index is 1.82. The van der Waals surface area contributed by atoms with Gasteiger partial charge in [0.05, 0.1) is 5.56 Å². The average molecular weight is 277 g/mol. The number of fused-ring (bicyclic) bond motifs is 1. The van der Waals surface area contributed by atoms with E-state index in [0.717, 1.165) is 16.3 Å². The third-order valence-electron chi connectivity index (χ3n) is 3.34. The molecule has 0 unspecified atom stereocenters. The van der Waals surface area contributed by atoms with Crippen LogP contribution >= 0.6 is 0 Å². The fraction of sp³-hybridized carbons (Fsp3) is 0.0588. The van der Waals surface area contributed by atoms with Crippen molar-refractivity contribution in [2.24, 2.45) is 0 Å². The first kappa shape index (κ1) is 13.1. The summed E-state index contributed by atoms with van der Waals surface area (Å²) in [5, 5.41) is 4.89. The van der Waals surface area contributed by atoms with Gasteiger partial charge in [-0.25, -0.2) is 0 Å². The van der Waals surface area contributed by atoms with Gasteiger partial charge in [-0.05, 0) is 34.5 Å². The molecule has 0 bridgehead atoms. The fourth-order valence-electron chi connectivity index (χ4n) is 2.23. The highest BCUT2D eigenvalue weighted by Crippen LogP contribution is 2.21. The lowest BCUT2D eigenvalue weighted by atomic mass is 10.0. The molecule has 0 saturated heterocycles. The minimum absolute atomic E-state index is 0.179. The smallest absolute Gasteiger partial charge is 0.253 e. The number of benzene rings is 2. The normalized spacial score (nSPS) is 10.5. The number of anilines is 1. The lowest BCUT2D eigenvalue weighted by molar-refractivity contribution is 0.0952. The third-order valence-corrected chi connectivity index (χ3v) is 3.34. The van der Waals surface area contributed by atoms with Crippen LogP contribution in [0.25, 0.3) is 10.8 Å². The molecule has 0 aliphatic heterocycles. The molecule has 0 saturated carbocycles. The molecule has 0 radical (unpaired) electrons. The van der Waals surface area contributed by atoms with Crippen LogP contribution in [0.4, 0.5) is 5.69 Å². The van der Waals surface area contributed by atoms with E-state index in [1.807, 2.05) is 48.5 Å². The number of carbonyl (C=O) groups excluding carboxylic acids is 1. The number of amides is 1. The SMILES string of the molecule is Nc1cc2ccccc2cc1C(=O)NCc1cccnc1. The first-order chi connectivity index (χ1) is 10.2. The zero-order valence-corrected chi connectivity index (χ0v) is 11.4. The van der Waals surface area contributed by atoms with Crippen LogP contribution in [0.1, 0.15) is 15.9 Å². The molecular formula is C17H15N3O. The van der Waals surface area contributed by atoms with Gasteiger partial charge in [0, 0.05) is 24.6 Å². The number of nitrogens with two attached hydrogens (primary N) is 1. The number of carbonyl (C=O) groups is 1. The zero-order valence-electron chi connectivity index (χ0n) is 11.4. The van der Waals surface area contributed by atoms with Crippen molar-refractivity contribution in [1.29, 1.82) is 0 Å². The summed E-state index contributed by atoms with van der Waals surface area (Å²) in [7, 11) is 0. The topological polar surface area (TPSA) is 68.0 Å². The summed E-state index contributed by atoms with van der Waals surface area (Å²) in [4.78, 5) is 16.3. The third kappa shape index (κ3) is 2.84. The van der Waals surface area contributed by atoms with Crippen LogP contribution < -0.4 is 11.1 Å². The maximum atomic E-state index is 12.3. The lowest BCUT2D eigenvalue weighted by Crippen LogP contribution is -2.23. The number of aromatic nitrogens is 1. The Kier molecular flexibility index (Phi) is 3.51. The van der Waals surface area contributed by atoms with Gasteiger partial charge in [-0.15, -0.1) is 0 Å². The van der Waals surface area contributed by atoms with E-state index in [1.54, 1.807) is 12.4 Å². The quantitative estimate of drug-likeness (QED) is 0.723. The van der Waals surface area contributed by atoms with E-state index in [2.05, 4.69) is 10.3 Å². The van der Waals surface area contributed by atoms with Crippen molar-refractivity contribution < 1.29 is 4.79 Å². The number of nitrogens with zero attached hydrogens (tertiary/aromatic N) is 1. The van der Waals surface area contributed by atoms with Gasteiger partial charge in [-0.2, -0.15) is 0 Å². The van der Waals surface area contributed by atoms with Gasteiger partial charge in [-0.1, -0.05) is 30.3 Å². The Hall–Kier alpha value is -2.88. The predicted molar refractivity (Wildman–Crippen MR) is 83.8 cm³/mol. The summed E-state index contributed by atoms with van der Waals surface area (Å²) in [6.07, 6.45) is 3.43. The van der Waals surface area contributed by atoms with Gasteiger partial charge in [-0.3, -0.25) is 9.78 Å². The van der Waals surface area contributed by atoms with Crippen LogP contribution in [0.5, 0.6) is 0 Å². The van der Waals surface area contributed by atoms with Crippen LogP contribution in [0, 0.1) is 0 Å². The molecule has 4 nitrogen and oxygen atoms in total. The molecule has 0 atom stereocenters. The van der Waals surface area contributed by atoms with Crippen molar-refractivity contribution in [3.05, 3.63) is 72.1 Å². The van der Waals surface area contributed by atoms with Gasteiger partial charge in [0.15, 0.2) is 0 Å². The van der Waals surface area contributed by atoms with E-state index in [0.29, 0.717) is 17.8 Å². The molecule has 0 fully saturated rings. The monoisotopic (exact) mass is 277 g/mol. The van der Waals surface area contributed by atoms with Crippen LogP contribution in [-0.4, -0.2) is 10.9 Å². The highest BCUT2D eigenvalue weighted by Gasteiger charge is 2.10. The number of nitrogens with one attached hydrogen (secondary N) is 1. The largest absolute Gasteiger partial charge is 0.398 e. The standard InChI is InChI=1S/C17H15N3O/c18-16-9-14-6-2-1-5-13(14)8-15(16)17(21)20-11-12-4-3-7-19-10-12/h1-10H,11,18H2,(H,20,21). The molecule has 4 heteroatoms. The van der Waals surface area contributed by atoms with E-state index in [9.17, 15) is 4.79 Å². The van der Waals surface area contributed by atoms with E-state index in [4.69, 9.17) is 5.73 Å². The predicted octanol–water partition coefficient (Wildman–Crippen LogP) is 2.75. The number of hydrogen-bond donors (Lipinski definition) is 2. The molecule has 3 aromatic rings. The molecule has 3 N–H and O–H groups in total. The molecule has 21 heavy (non-hydrogen) atoms. The maximum Gasteiger partial charge on any atom is 0.253 e. The number of pyridine rings is 1. The van der Waals surface area contributed by atoms with Gasteiger partial charge in [0.25, 0.3) is 5.91 Å². The molecule has 3 rings (SSSR count). The Morgan fingerprint density at radius 2 is 1.86 bits per heavy atom. The first-order valence-electron chi connectivity index (χ1n) is 6.69. The lowest BCUT2D eigenvalue weighted by Gasteiger charge is -2.09. The summed E-state index contributed by atoms with van der Waals surface area (Å²) in [5.74, 6) is -0.179. The fourth-order valence-corrected chi connectivity index (χ4v) is 2.23. The molecule has 1 aromatic heterocycles. The number of nitrogen functional groups attached to an aromatic ring is 1.